The number of unbranched alkanes of at least 4 members (excludes halogenated alkanes) is 3. The maximum atomic E-state index is 14.1. The Balaban J connectivity index is 1.66. The number of ether oxygens (including phenoxy) is 1. The summed E-state index contributed by atoms with van der Waals surface area (Å²) in [6.45, 7) is 7.75. The first kappa shape index (κ1) is 21.9. The molecule has 1 aromatic carbocycles. The Hall–Kier alpha value is -1.83. The highest BCUT2D eigenvalue weighted by molar-refractivity contribution is 7.13. The summed E-state index contributed by atoms with van der Waals surface area (Å²) in [7, 11) is 0. The molecule has 1 aromatic heterocycles. The highest BCUT2D eigenvalue weighted by Gasteiger charge is 2.21. The molecule has 1 aliphatic rings. The summed E-state index contributed by atoms with van der Waals surface area (Å²) in [5.41, 5.74) is 0.852. The van der Waals surface area contributed by atoms with Gasteiger partial charge in [0.15, 0.2) is 0 Å². The Kier molecular flexibility index (Phi) is 8.58. The summed E-state index contributed by atoms with van der Waals surface area (Å²) in [5, 5.41) is 2.29. The number of thiazole rings is 1. The van der Waals surface area contributed by atoms with Crippen LogP contribution >= 0.6 is 11.3 Å². The van der Waals surface area contributed by atoms with Gasteiger partial charge in [-0.15, -0.1) is 11.3 Å². The number of carbonyl (C=O) groups is 1. The summed E-state index contributed by atoms with van der Waals surface area (Å²) in [5.74, 6) is -0.377. The van der Waals surface area contributed by atoms with Crippen molar-refractivity contribution < 1.29 is 13.9 Å². The molecular formula is C22H30FN3O2S. The molecule has 0 spiro atoms. The van der Waals surface area contributed by atoms with Crippen molar-refractivity contribution in [2.75, 3.05) is 45.9 Å². The van der Waals surface area contributed by atoms with Gasteiger partial charge in [-0.25, -0.2) is 9.37 Å². The third-order valence-electron chi connectivity index (χ3n) is 5.19. The van der Waals surface area contributed by atoms with Crippen molar-refractivity contribution in [3.63, 3.8) is 0 Å². The van der Waals surface area contributed by atoms with Gasteiger partial charge in [0.05, 0.1) is 13.2 Å². The van der Waals surface area contributed by atoms with Crippen LogP contribution in [0.3, 0.4) is 0 Å². The molecule has 1 fully saturated rings. The van der Waals surface area contributed by atoms with Crippen molar-refractivity contribution in [1.82, 2.24) is 14.8 Å². The van der Waals surface area contributed by atoms with Crippen LogP contribution in [0.15, 0.2) is 29.6 Å². The lowest BCUT2D eigenvalue weighted by molar-refractivity contribution is 0.0323. The number of amides is 1. The average molecular weight is 420 g/mol. The van der Waals surface area contributed by atoms with Gasteiger partial charge in [-0.05, 0) is 18.6 Å². The number of halogens is 1. The summed E-state index contributed by atoms with van der Waals surface area (Å²) >= 11 is 1.32. The Morgan fingerprint density at radius 3 is 2.76 bits per heavy atom. The maximum Gasteiger partial charge on any atom is 0.273 e. The predicted molar refractivity (Wildman–Crippen MR) is 115 cm³/mol. The first-order chi connectivity index (χ1) is 14.2. The Bertz CT molecular complexity index is 777. The number of morpholine rings is 1. The van der Waals surface area contributed by atoms with E-state index in [1.165, 1.54) is 30.2 Å². The largest absolute Gasteiger partial charge is 0.379 e. The van der Waals surface area contributed by atoms with E-state index in [0.29, 0.717) is 22.8 Å². The minimum atomic E-state index is -0.315. The molecule has 0 bridgehead atoms. The summed E-state index contributed by atoms with van der Waals surface area (Å²) in [6.07, 6.45) is 4.46. The van der Waals surface area contributed by atoms with Crippen molar-refractivity contribution in [2.24, 2.45) is 0 Å². The minimum Gasteiger partial charge on any atom is -0.379 e. The Labute approximate surface area is 176 Å². The highest BCUT2D eigenvalue weighted by Crippen LogP contribution is 2.26. The molecule has 0 saturated carbocycles. The van der Waals surface area contributed by atoms with Crippen molar-refractivity contribution in [2.45, 2.75) is 32.6 Å². The van der Waals surface area contributed by atoms with Crippen LogP contribution < -0.4 is 0 Å². The molecule has 1 saturated heterocycles. The molecule has 0 unspecified atom stereocenters. The van der Waals surface area contributed by atoms with E-state index in [1.807, 2.05) is 4.90 Å². The van der Waals surface area contributed by atoms with Crippen LogP contribution in [0.5, 0.6) is 0 Å². The van der Waals surface area contributed by atoms with Gasteiger partial charge >= 0.3 is 0 Å². The fourth-order valence-corrected chi connectivity index (χ4v) is 4.24. The number of nitrogens with zero attached hydrogens (tertiary/aromatic N) is 3. The summed E-state index contributed by atoms with van der Waals surface area (Å²) < 4.78 is 19.5. The van der Waals surface area contributed by atoms with Gasteiger partial charge < -0.3 is 9.64 Å². The lowest BCUT2D eigenvalue weighted by Crippen LogP contribution is -2.43. The number of hydrogen-bond acceptors (Lipinski definition) is 5. The molecule has 1 amide bonds. The molecule has 3 rings (SSSR count). The molecule has 0 N–H and O–H groups in total. The summed E-state index contributed by atoms with van der Waals surface area (Å²) in [6, 6.07) is 6.55. The lowest BCUT2D eigenvalue weighted by atomic mass is 10.2. The monoisotopic (exact) mass is 419 g/mol. The molecule has 2 aromatic rings. The van der Waals surface area contributed by atoms with Gasteiger partial charge in [0, 0.05) is 43.7 Å². The van der Waals surface area contributed by atoms with Crippen molar-refractivity contribution in [3.05, 3.63) is 41.2 Å². The molecule has 1 aliphatic heterocycles. The topological polar surface area (TPSA) is 45.7 Å². The van der Waals surface area contributed by atoms with Crippen molar-refractivity contribution >= 4 is 17.2 Å². The van der Waals surface area contributed by atoms with Gasteiger partial charge in [-0.2, -0.15) is 0 Å². The minimum absolute atomic E-state index is 0.0615. The van der Waals surface area contributed by atoms with Crippen LogP contribution in [0.1, 0.15) is 43.1 Å². The van der Waals surface area contributed by atoms with E-state index >= 15 is 0 Å². The van der Waals surface area contributed by atoms with E-state index in [1.54, 1.807) is 23.6 Å². The molecule has 2 heterocycles. The second-order valence-electron chi connectivity index (χ2n) is 7.32. The number of aromatic nitrogens is 1. The Morgan fingerprint density at radius 2 is 2.00 bits per heavy atom. The van der Waals surface area contributed by atoms with E-state index in [0.717, 1.165) is 52.2 Å². The van der Waals surface area contributed by atoms with Gasteiger partial charge in [0.1, 0.15) is 16.5 Å². The first-order valence-electron chi connectivity index (χ1n) is 10.5. The van der Waals surface area contributed by atoms with E-state index in [4.69, 9.17) is 4.74 Å². The zero-order valence-corrected chi connectivity index (χ0v) is 17.9. The van der Waals surface area contributed by atoms with E-state index in [2.05, 4.69) is 16.8 Å². The summed E-state index contributed by atoms with van der Waals surface area (Å²) in [4.78, 5) is 21.8. The predicted octanol–water partition coefficient (Wildman–Crippen LogP) is 4.30. The highest BCUT2D eigenvalue weighted by atomic mass is 32.1. The zero-order chi connectivity index (χ0) is 20.5. The number of rotatable bonds is 10. The van der Waals surface area contributed by atoms with E-state index < -0.39 is 0 Å². The van der Waals surface area contributed by atoms with Gasteiger partial charge in [0.25, 0.3) is 5.91 Å². The van der Waals surface area contributed by atoms with Gasteiger partial charge in [0.2, 0.25) is 0 Å². The molecular weight excluding hydrogens is 389 g/mol. The van der Waals surface area contributed by atoms with Gasteiger partial charge in [-0.1, -0.05) is 38.3 Å². The van der Waals surface area contributed by atoms with E-state index in [9.17, 15) is 9.18 Å². The molecule has 0 radical (unpaired) electrons. The van der Waals surface area contributed by atoms with Crippen molar-refractivity contribution in [3.8, 4) is 10.6 Å². The molecule has 0 aliphatic carbocycles. The number of carbonyl (C=O) groups excluding carboxylic acids is 1. The van der Waals surface area contributed by atoms with Crippen LogP contribution in [0.2, 0.25) is 0 Å². The molecule has 158 valence electrons. The second kappa shape index (κ2) is 11.4. The van der Waals surface area contributed by atoms with Crippen molar-refractivity contribution in [1.29, 1.82) is 0 Å². The third-order valence-corrected chi connectivity index (χ3v) is 6.06. The Morgan fingerprint density at radius 1 is 1.21 bits per heavy atom. The zero-order valence-electron chi connectivity index (χ0n) is 17.1. The molecule has 5 nitrogen and oxygen atoms in total. The van der Waals surface area contributed by atoms with Gasteiger partial charge in [-0.3, -0.25) is 9.69 Å². The van der Waals surface area contributed by atoms with E-state index in [-0.39, 0.29) is 11.7 Å². The maximum absolute atomic E-state index is 14.1. The van der Waals surface area contributed by atoms with Crippen LogP contribution in [0.4, 0.5) is 4.39 Å². The fraction of sp³-hybridized carbons (Fsp3) is 0.545. The standard InChI is InChI=1S/C22H30FN3O2S/c1-2-3-4-7-10-26(12-11-25-13-15-28-16-14-25)22(27)20-17-29-21(24-20)18-8-5-6-9-19(18)23/h5-6,8-9,17H,2-4,7,10-16H2,1H3. The lowest BCUT2D eigenvalue weighted by Gasteiger charge is -2.30. The van der Waals surface area contributed by atoms with Crippen LogP contribution in [0.25, 0.3) is 10.6 Å². The molecule has 0 atom stereocenters. The smallest absolute Gasteiger partial charge is 0.273 e. The SMILES string of the molecule is CCCCCCN(CCN1CCOCC1)C(=O)c1csc(-c2ccccc2F)n1. The van der Waals surface area contributed by atoms with Crippen LogP contribution in [-0.4, -0.2) is 66.6 Å². The molecule has 29 heavy (non-hydrogen) atoms. The van der Waals surface area contributed by atoms with Crippen LogP contribution in [-0.2, 0) is 4.74 Å². The fourth-order valence-electron chi connectivity index (χ4n) is 3.42. The third kappa shape index (κ3) is 6.32. The number of benzene rings is 1. The molecule has 7 heteroatoms. The average Bonchev–Trinajstić information content (AvgIpc) is 3.24. The second-order valence-corrected chi connectivity index (χ2v) is 8.18. The normalized spacial score (nSPS) is 14.8. The number of hydrogen-bond donors (Lipinski definition) is 0. The first-order valence-corrected chi connectivity index (χ1v) is 11.4. The quantitative estimate of drug-likeness (QED) is 0.539. The van der Waals surface area contributed by atoms with Crippen LogP contribution in [0, 0.1) is 5.82 Å².